The van der Waals surface area contributed by atoms with Crippen molar-refractivity contribution in [2.45, 2.75) is 56.0 Å². The number of hydrogen-bond donors (Lipinski definition) is 1. The Bertz CT molecular complexity index is 1420. The van der Waals surface area contributed by atoms with Crippen LogP contribution in [0.3, 0.4) is 0 Å². The fourth-order valence-electron chi connectivity index (χ4n) is 4.35. The van der Waals surface area contributed by atoms with Crippen molar-refractivity contribution < 1.29 is 27.1 Å². The summed E-state index contributed by atoms with van der Waals surface area (Å²) in [7, 11) is -4.19. The third-order valence-corrected chi connectivity index (χ3v) is 9.09. The molecule has 42 heavy (non-hydrogen) atoms. The van der Waals surface area contributed by atoms with Crippen LogP contribution in [0.2, 0.25) is 0 Å². The minimum Gasteiger partial charge on any atom is -0.494 e. The SMILES string of the molecule is CCCNC(=O)C(CC)N(Cc1ccc(F)cc1)C(=O)CN(c1ccc(OCC)cc1)S(=O)(=O)c1ccc(SC)cc1. The van der Waals surface area contributed by atoms with Crippen molar-refractivity contribution in [2.24, 2.45) is 0 Å². The molecule has 1 atom stereocenters. The number of rotatable bonds is 15. The van der Waals surface area contributed by atoms with Crippen molar-refractivity contribution in [2.75, 3.05) is 30.3 Å². The molecule has 226 valence electrons. The van der Waals surface area contributed by atoms with Crippen LogP contribution in [-0.4, -0.2) is 57.1 Å². The summed E-state index contributed by atoms with van der Waals surface area (Å²) in [5.41, 5.74) is 0.876. The molecular weight excluding hydrogens is 577 g/mol. The van der Waals surface area contributed by atoms with Crippen LogP contribution < -0.4 is 14.4 Å². The van der Waals surface area contributed by atoms with Gasteiger partial charge in [0.2, 0.25) is 11.8 Å². The van der Waals surface area contributed by atoms with Crippen LogP contribution in [0.15, 0.2) is 82.6 Å². The Hall–Kier alpha value is -3.57. The number of sulfonamides is 1. The number of nitrogens with one attached hydrogen (secondary N) is 1. The lowest BCUT2D eigenvalue weighted by Crippen LogP contribution is -2.52. The number of benzene rings is 3. The van der Waals surface area contributed by atoms with E-state index in [9.17, 15) is 22.4 Å². The van der Waals surface area contributed by atoms with Crippen molar-refractivity contribution in [3.8, 4) is 5.75 Å². The highest BCUT2D eigenvalue weighted by Gasteiger charge is 2.33. The van der Waals surface area contributed by atoms with E-state index in [1.807, 2.05) is 20.1 Å². The number of carbonyl (C=O) groups excluding carboxylic acids is 2. The first-order valence-electron chi connectivity index (χ1n) is 13.9. The average Bonchev–Trinajstić information content (AvgIpc) is 3.00. The van der Waals surface area contributed by atoms with Crippen molar-refractivity contribution >= 4 is 39.3 Å². The van der Waals surface area contributed by atoms with Crippen LogP contribution in [0.4, 0.5) is 10.1 Å². The van der Waals surface area contributed by atoms with Gasteiger partial charge in [0, 0.05) is 18.0 Å². The minimum absolute atomic E-state index is 0.00322. The molecule has 2 amide bonds. The molecule has 1 N–H and O–H groups in total. The van der Waals surface area contributed by atoms with Crippen LogP contribution in [-0.2, 0) is 26.2 Å². The van der Waals surface area contributed by atoms with Crippen molar-refractivity contribution in [1.82, 2.24) is 10.2 Å². The molecule has 0 heterocycles. The fraction of sp³-hybridized carbons (Fsp3) is 0.355. The lowest BCUT2D eigenvalue weighted by atomic mass is 10.1. The summed E-state index contributed by atoms with van der Waals surface area (Å²) < 4.78 is 48.2. The van der Waals surface area contributed by atoms with Gasteiger partial charge in [-0.05, 0) is 92.2 Å². The summed E-state index contributed by atoms with van der Waals surface area (Å²) in [6, 6.07) is 17.7. The normalized spacial score (nSPS) is 11.9. The second-order valence-electron chi connectivity index (χ2n) is 9.48. The molecule has 0 aliphatic carbocycles. The second kappa shape index (κ2) is 15.6. The number of ether oxygens (including phenoxy) is 1. The molecule has 3 aromatic carbocycles. The number of hydrogen-bond acceptors (Lipinski definition) is 6. The van der Waals surface area contributed by atoms with Gasteiger partial charge in [0.15, 0.2) is 0 Å². The lowest BCUT2D eigenvalue weighted by molar-refractivity contribution is -0.140. The Morgan fingerprint density at radius 3 is 2.14 bits per heavy atom. The van der Waals surface area contributed by atoms with Crippen LogP contribution in [0.25, 0.3) is 0 Å². The maximum Gasteiger partial charge on any atom is 0.264 e. The summed E-state index contributed by atoms with van der Waals surface area (Å²) in [5, 5.41) is 2.84. The van der Waals surface area contributed by atoms with E-state index >= 15 is 0 Å². The lowest BCUT2D eigenvalue weighted by Gasteiger charge is -2.33. The largest absolute Gasteiger partial charge is 0.494 e. The van der Waals surface area contributed by atoms with Crippen LogP contribution in [0.5, 0.6) is 5.75 Å². The molecule has 0 saturated carbocycles. The molecule has 0 radical (unpaired) electrons. The first-order chi connectivity index (χ1) is 20.1. The molecule has 8 nitrogen and oxygen atoms in total. The topological polar surface area (TPSA) is 96.0 Å². The zero-order chi connectivity index (χ0) is 30.7. The van der Waals surface area contributed by atoms with Crippen LogP contribution >= 0.6 is 11.8 Å². The average molecular weight is 616 g/mol. The smallest absolute Gasteiger partial charge is 0.264 e. The van der Waals surface area contributed by atoms with E-state index in [1.165, 1.54) is 40.9 Å². The molecule has 3 aromatic rings. The molecule has 0 saturated heterocycles. The predicted molar refractivity (Wildman–Crippen MR) is 165 cm³/mol. The van der Waals surface area contributed by atoms with E-state index in [4.69, 9.17) is 4.74 Å². The summed E-state index contributed by atoms with van der Waals surface area (Å²) in [6.45, 7) is 5.88. The molecule has 0 aliphatic rings. The first-order valence-corrected chi connectivity index (χ1v) is 16.5. The third kappa shape index (κ3) is 8.48. The summed E-state index contributed by atoms with van der Waals surface area (Å²) in [5.74, 6) is -0.774. The summed E-state index contributed by atoms with van der Waals surface area (Å²) in [4.78, 5) is 29.5. The van der Waals surface area contributed by atoms with Gasteiger partial charge >= 0.3 is 0 Å². The first kappa shape index (κ1) is 32.9. The van der Waals surface area contributed by atoms with Crippen molar-refractivity contribution in [3.63, 3.8) is 0 Å². The van der Waals surface area contributed by atoms with E-state index in [-0.39, 0.29) is 23.0 Å². The Morgan fingerprint density at radius 2 is 1.60 bits per heavy atom. The van der Waals surface area contributed by atoms with Crippen molar-refractivity contribution in [1.29, 1.82) is 0 Å². The minimum atomic E-state index is -4.19. The number of nitrogens with zero attached hydrogens (tertiary/aromatic N) is 2. The Balaban J connectivity index is 2.05. The van der Waals surface area contributed by atoms with Gasteiger partial charge in [-0.1, -0.05) is 26.0 Å². The van der Waals surface area contributed by atoms with Gasteiger partial charge in [-0.15, -0.1) is 11.8 Å². The molecule has 0 bridgehead atoms. The number of amides is 2. The standard InChI is InChI=1S/C31H38FN3O5S2/c1-5-20-33-31(37)29(6-2)34(21-23-8-10-24(32)11-9-23)30(36)22-35(25-12-14-26(15-13-25)40-7-3)42(38,39)28-18-16-27(41-4)17-19-28/h8-19,29H,5-7,20-22H2,1-4H3,(H,33,37). The van der Waals surface area contributed by atoms with Gasteiger partial charge in [0.1, 0.15) is 24.2 Å². The molecular formula is C31H38FN3O5S2. The van der Waals surface area contributed by atoms with Gasteiger partial charge in [-0.3, -0.25) is 13.9 Å². The highest BCUT2D eigenvalue weighted by Crippen LogP contribution is 2.28. The van der Waals surface area contributed by atoms with Crippen molar-refractivity contribution in [3.05, 3.63) is 84.2 Å². The number of thioether (sulfide) groups is 1. The predicted octanol–water partition coefficient (Wildman–Crippen LogP) is 5.48. The highest BCUT2D eigenvalue weighted by atomic mass is 32.2. The second-order valence-corrected chi connectivity index (χ2v) is 12.2. The highest BCUT2D eigenvalue weighted by molar-refractivity contribution is 7.98. The number of carbonyl (C=O) groups is 2. The van der Waals surface area contributed by atoms with E-state index in [1.54, 1.807) is 55.5 Å². The van der Waals surface area contributed by atoms with Gasteiger partial charge in [-0.2, -0.15) is 0 Å². The molecule has 11 heteroatoms. The third-order valence-electron chi connectivity index (χ3n) is 6.56. The zero-order valence-corrected chi connectivity index (χ0v) is 26.0. The van der Waals surface area contributed by atoms with Gasteiger partial charge in [0.25, 0.3) is 10.0 Å². The maximum absolute atomic E-state index is 14.1. The molecule has 0 aromatic heterocycles. The van der Waals surface area contributed by atoms with E-state index in [0.717, 1.165) is 9.20 Å². The van der Waals surface area contributed by atoms with Gasteiger partial charge in [-0.25, -0.2) is 12.8 Å². The van der Waals surface area contributed by atoms with E-state index in [0.29, 0.717) is 37.3 Å². The molecule has 0 aliphatic heterocycles. The van der Waals surface area contributed by atoms with Crippen LogP contribution in [0, 0.1) is 5.82 Å². The maximum atomic E-state index is 14.1. The quantitative estimate of drug-likeness (QED) is 0.228. The monoisotopic (exact) mass is 615 g/mol. The van der Waals surface area contributed by atoms with Gasteiger partial charge in [0.05, 0.1) is 17.2 Å². The fourth-order valence-corrected chi connectivity index (χ4v) is 6.17. The summed E-state index contributed by atoms with van der Waals surface area (Å²) in [6.07, 6.45) is 2.91. The van der Waals surface area contributed by atoms with E-state index in [2.05, 4.69) is 5.32 Å². The Kier molecular flexibility index (Phi) is 12.2. The van der Waals surface area contributed by atoms with E-state index < -0.39 is 34.3 Å². The molecule has 3 rings (SSSR count). The zero-order valence-electron chi connectivity index (χ0n) is 24.4. The molecule has 1 unspecified atom stereocenters. The van der Waals surface area contributed by atoms with Crippen LogP contribution in [0.1, 0.15) is 39.2 Å². The Morgan fingerprint density at radius 1 is 0.952 bits per heavy atom. The Labute approximate surface area is 252 Å². The number of anilines is 1. The van der Waals surface area contributed by atoms with Gasteiger partial charge < -0.3 is 15.0 Å². The molecule has 0 spiro atoms. The number of halogens is 1. The molecule has 0 fully saturated rings. The summed E-state index contributed by atoms with van der Waals surface area (Å²) >= 11 is 1.48.